The molecule has 142 valence electrons. The number of hydrogen-bond donors (Lipinski definition) is 2. The number of rotatable bonds is 5. The number of benzene rings is 2. The van der Waals surface area contributed by atoms with Gasteiger partial charge in [0.1, 0.15) is 11.5 Å². The molecule has 1 aromatic heterocycles. The van der Waals surface area contributed by atoms with Crippen LogP contribution in [0.2, 0.25) is 5.28 Å². The third-order valence-electron chi connectivity index (χ3n) is 3.34. The second kappa shape index (κ2) is 8.77. The first-order valence-electron chi connectivity index (χ1n) is 7.70. The van der Waals surface area contributed by atoms with Crippen LogP contribution in [-0.4, -0.2) is 27.2 Å². The topological polar surface area (TPSA) is 96.7 Å². The zero-order valence-electron chi connectivity index (χ0n) is 13.9. The van der Waals surface area contributed by atoms with E-state index in [4.69, 9.17) is 16.3 Å². The normalized spacial score (nSPS) is 10.8. The number of phenolic OH excluding ortho intramolecular Hbond substituents is 1. The van der Waals surface area contributed by atoms with Crippen molar-refractivity contribution in [2.24, 2.45) is 5.10 Å². The molecule has 0 saturated heterocycles. The first-order valence-corrected chi connectivity index (χ1v) is 8.87. The minimum absolute atomic E-state index is 0.0692. The van der Waals surface area contributed by atoms with E-state index in [-0.39, 0.29) is 28.2 Å². The zero-order valence-corrected chi connectivity index (χ0v) is 16.3. The van der Waals surface area contributed by atoms with E-state index in [0.29, 0.717) is 10.0 Å². The Morgan fingerprint density at radius 3 is 2.96 bits per heavy atom. The Balaban J connectivity index is 1.69. The maximum Gasteiger partial charge on any atom is 0.275 e. The van der Waals surface area contributed by atoms with Gasteiger partial charge < -0.3 is 9.84 Å². The van der Waals surface area contributed by atoms with E-state index in [1.807, 2.05) is 0 Å². The van der Waals surface area contributed by atoms with Crippen LogP contribution in [0.5, 0.6) is 17.4 Å². The van der Waals surface area contributed by atoms with Crippen LogP contribution in [0.25, 0.3) is 0 Å². The van der Waals surface area contributed by atoms with E-state index < -0.39 is 11.7 Å². The van der Waals surface area contributed by atoms with Gasteiger partial charge in [-0.15, -0.1) is 0 Å². The molecule has 2 aromatic carbocycles. The maximum atomic E-state index is 13.7. The van der Waals surface area contributed by atoms with Crippen LogP contribution in [0.15, 0.2) is 58.2 Å². The van der Waals surface area contributed by atoms with Crippen molar-refractivity contribution in [1.82, 2.24) is 15.4 Å². The largest absolute Gasteiger partial charge is 0.507 e. The highest BCUT2D eigenvalue weighted by Crippen LogP contribution is 2.24. The van der Waals surface area contributed by atoms with Gasteiger partial charge in [-0.05, 0) is 47.5 Å². The standard InChI is InChI=1S/C18H11BrClFN4O3/c19-11-4-5-15(26)13(7-11)16(27)25-23-8-10-2-1-3-12(6-10)28-17-14(21)9-22-18(20)24-17/h1-9,26H,(H,25,27)/b23-8+. The molecule has 0 aliphatic rings. The Morgan fingerprint density at radius 1 is 1.32 bits per heavy atom. The SMILES string of the molecule is O=C(N/N=C/c1cccc(Oc2nc(Cl)ncc2F)c1)c1cc(Br)ccc1O. The van der Waals surface area contributed by atoms with Crippen molar-refractivity contribution in [2.45, 2.75) is 0 Å². The van der Waals surface area contributed by atoms with Gasteiger partial charge in [0.15, 0.2) is 0 Å². The Hall–Kier alpha value is -3.04. The second-order valence-electron chi connectivity index (χ2n) is 5.33. The van der Waals surface area contributed by atoms with Crippen molar-refractivity contribution < 1.29 is 19.0 Å². The molecule has 1 heterocycles. The number of carbonyl (C=O) groups is 1. The van der Waals surface area contributed by atoms with Gasteiger partial charge in [-0.1, -0.05) is 28.1 Å². The number of aromatic nitrogens is 2. The third-order valence-corrected chi connectivity index (χ3v) is 4.01. The van der Waals surface area contributed by atoms with Crippen molar-refractivity contribution in [1.29, 1.82) is 0 Å². The summed E-state index contributed by atoms with van der Waals surface area (Å²) in [6, 6.07) is 11.0. The average Bonchev–Trinajstić information content (AvgIpc) is 2.67. The number of halogens is 3. The molecule has 2 N–H and O–H groups in total. The highest BCUT2D eigenvalue weighted by Gasteiger charge is 2.11. The smallest absolute Gasteiger partial charge is 0.275 e. The molecule has 0 spiro atoms. The van der Waals surface area contributed by atoms with Crippen LogP contribution < -0.4 is 10.2 Å². The van der Waals surface area contributed by atoms with Gasteiger partial charge in [0.2, 0.25) is 11.1 Å². The monoisotopic (exact) mass is 464 g/mol. The molecule has 0 aliphatic carbocycles. The summed E-state index contributed by atoms with van der Waals surface area (Å²) in [7, 11) is 0. The molecule has 0 fully saturated rings. The van der Waals surface area contributed by atoms with Crippen LogP contribution in [0.3, 0.4) is 0 Å². The Labute approximate surface area is 172 Å². The highest BCUT2D eigenvalue weighted by atomic mass is 79.9. The van der Waals surface area contributed by atoms with Gasteiger partial charge in [0.05, 0.1) is 18.0 Å². The summed E-state index contributed by atoms with van der Waals surface area (Å²) in [5, 5.41) is 13.4. The fourth-order valence-electron chi connectivity index (χ4n) is 2.09. The first-order chi connectivity index (χ1) is 13.4. The molecule has 28 heavy (non-hydrogen) atoms. The molecular formula is C18H11BrClFN4O3. The predicted octanol–water partition coefficient (Wildman–Crippen LogP) is 4.29. The molecule has 0 atom stereocenters. The molecule has 1 amide bonds. The number of aromatic hydroxyl groups is 1. The minimum Gasteiger partial charge on any atom is -0.507 e. The number of carbonyl (C=O) groups excluding carboxylic acids is 1. The minimum atomic E-state index is -0.760. The maximum absolute atomic E-state index is 13.7. The molecule has 3 aromatic rings. The third kappa shape index (κ3) is 5.02. The molecular weight excluding hydrogens is 455 g/mol. The summed E-state index contributed by atoms with van der Waals surface area (Å²) < 4.78 is 19.7. The van der Waals surface area contributed by atoms with E-state index in [2.05, 4.69) is 36.4 Å². The van der Waals surface area contributed by atoms with Crippen LogP contribution in [0.4, 0.5) is 4.39 Å². The van der Waals surface area contributed by atoms with Gasteiger partial charge in [-0.3, -0.25) is 4.79 Å². The lowest BCUT2D eigenvalue weighted by molar-refractivity contribution is 0.0952. The van der Waals surface area contributed by atoms with Crippen LogP contribution in [0, 0.1) is 5.82 Å². The Bertz CT molecular complexity index is 1060. The molecule has 0 radical (unpaired) electrons. The lowest BCUT2D eigenvalue weighted by Crippen LogP contribution is -2.17. The second-order valence-corrected chi connectivity index (χ2v) is 6.58. The van der Waals surface area contributed by atoms with Crippen LogP contribution >= 0.6 is 27.5 Å². The molecule has 0 saturated carbocycles. The average molecular weight is 466 g/mol. The van der Waals surface area contributed by atoms with E-state index in [0.717, 1.165) is 6.20 Å². The number of hydrazone groups is 1. The van der Waals surface area contributed by atoms with Crippen LogP contribution in [0.1, 0.15) is 15.9 Å². The van der Waals surface area contributed by atoms with Crippen molar-refractivity contribution in [3.63, 3.8) is 0 Å². The van der Waals surface area contributed by atoms with Gasteiger partial charge in [0.25, 0.3) is 11.8 Å². The Morgan fingerprint density at radius 2 is 2.14 bits per heavy atom. The van der Waals surface area contributed by atoms with Gasteiger partial charge >= 0.3 is 0 Å². The molecule has 3 rings (SSSR count). The fourth-order valence-corrected chi connectivity index (χ4v) is 2.58. The van der Waals surface area contributed by atoms with Gasteiger partial charge in [0, 0.05) is 4.47 Å². The number of phenols is 1. The van der Waals surface area contributed by atoms with Crippen molar-refractivity contribution in [2.75, 3.05) is 0 Å². The number of nitrogens with one attached hydrogen (secondary N) is 1. The van der Waals surface area contributed by atoms with Crippen molar-refractivity contribution >= 4 is 39.7 Å². The number of amides is 1. The molecule has 0 bridgehead atoms. The first kappa shape index (κ1) is 19.7. The lowest BCUT2D eigenvalue weighted by atomic mass is 10.2. The quantitative estimate of drug-likeness (QED) is 0.333. The summed E-state index contributed by atoms with van der Waals surface area (Å²) >= 11 is 8.86. The van der Waals surface area contributed by atoms with Gasteiger partial charge in [-0.2, -0.15) is 14.5 Å². The summed E-state index contributed by atoms with van der Waals surface area (Å²) in [4.78, 5) is 19.3. The lowest BCUT2D eigenvalue weighted by Gasteiger charge is -2.06. The number of ether oxygens (including phenoxy) is 1. The van der Waals surface area contributed by atoms with Crippen molar-refractivity contribution in [3.8, 4) is 17.4 Å². The highest BCUT2D eigenvalue weighted by molar-refractivity contribution is 9.10. The van der Waals surface area contributed by atoms with E-state index in [1.54, 1.807) is 30.3 Å². The fraction of sp³-hybridized carbons (Fsp3) is 0. The number of nitrogens with zero attached hydrogens (tertiary/aromatic N) is 3. The van der Waals surface area contributed by atoms with Crippen molar-refractivity contribution in [3.05, 3.63) is 75.4 Å². The molecule has 0 aliphatic heterocycles. The number of hydrogen-bond acceptors (Lipinski definition) is 6. The predicted molar refractivity (Wildman–Crippen MR) is 104 cm³/mol. The zero-order chi connectivity index (χ0) is 20.1. The summed E-state index contributed by atoms with van der Waals surface area (Å²) in [6.45, 7) is 0. The van der Waals surface area contributed by atoms with Crippen LogP contribution in [-0.2, 0) is 0 Å². The summed E-state index contributed by atoms with van der Waals surface area (Å²) in [6.07, 6.45) is 2.27. The molecule has 0 unspecified atom stereocenters. The summed E-state index contributed by atoms with van der Waals surface area (Å²) in [5.74, 6) is -1.54. The van der Waals surface area contributed by atoms with Gasteiger partial charge in [-0.25, -0.2) is 10.4 Å². The Kier molecular flexibility index (Phi) is 6.17. The molecule has 7 nitrogen and oxygen atoms in total. The molecule has 10 heteroatoms. The summed E-state index contributed by atoms with van der Waals surface area (Å²) in [5.41, 5.74) is 2.95. The van der Waals surface area contributed by atoms with E-state index in [1.165, 1.54) is 18.3 Å². The van der Waals surface area contributed by atoms with E-state index in [9.17, 15) is 14.3 Å². The van der Waals surface area contributed by atoms with E-state index >= 15 is 0 Å².